The van der Waals surface area contributed by atoms with E-state index in [2.05, 4.69) is 26.6 Å². The molecule has 8 heteroatoms. The highest BCUT2D eigenvalue weighted by atomic mass is 79.9. The Hall–Kier alpha value is -1.44. The molecule has 1 unspecified atom stereocenters. The molecule has 0 radical (unpaired) electrons. The van der Waals surface area contributed by atoms with Crippen molar-refractivity contribution < 1.29 is 14.0 Å². The van der Waals surface area contributed by atoms with Crippen molar-refractivity contribution in [3.8, 4) is 0 Å². The molecule has 2 amide bonds. The first-order chi connectivity index (χ1) is 10.4. The Morgan fingerprint density at radius 1 is 1.32 bits per heavy atom. The normalized spacial score (nSPS) is 11.8. The summed E-state index contributed by atoms with van der Waals surface area (Å²) in [5.41, 5.74) is 0.358. The maximum Gasteiger partial charge on any atom is 0.262 e. The molecule has 2 N–H and O–H groups in total. The molecule has 2 aromatic rings. The lowest BCUT2D eigenvalue weighted by Crippen LogP contribution is -2.41. The fraction of sp³-hybridized carbons (Fsp3) is 0.143. The van der Waals surface area contributed by atoms with Crippen LogP contribution in [0.5, 0.6) is 0 Å². The summed E-state index contributed by atoms with van der Waals surface area (Å²) >= 11 is 10.2. The summed E-state index contributed by atoms with van der Waals surface area (Å²) in [6, 6.07) is 6.52. The molecule has 1 heterocycles. The van der Waals surface area contributed by atoms with Gasteiger partial charge in [0.1, 0.15) is 11.9 Å². The van der Waals surface area contributed by atoms with Crippen LogP contribution in [0.25, 0.3) is 0 Å². The standard InChI is InChI=1S/C14H11BrClFN2O2S/c1-7(18-14(21)11-4-5-12(15)22-11)13(20)19-8-2-3-10(17)9(16)6-8/h2-7H,1H3,(H,18,21)(H,19,20). The van der Waals surface area contributed by atoms with E-state index < -0.39 is 17.8 Å². The van der Waals surface area contributed by atoms with E-state index in [1.54, 1.807) is 19.1 Å². The first-order valence-corrected chi connectivity index (χ1v) is 8.17. The van der Waals surface area contributed by atoms with Gasteiger partial charge in [-0.15, -0.1) is 11.3 Å². The number of amides is 2. The summed E-state index contributed by atoms with van der Waals surface area (Å²) in [6.07, 6.45) is 0. The van der Waals surface area contributed by atoms with Gasteiger partial charge in [-0.05, 0) is 53.2 Å². The van der Waals surface area contributed by atoms with Crippen LogP contribution < -0.4 is 10.6 Å². The Kier molecular flexibility index (Phi) is 5.55. The number of anilines is 1. The predicted molar refractivity (Wildman–Crippen MR) is 89.0 cm³/mol. The van der Waals surface area contributed by atoms with Gasteiger partial charge in [0.15, 0.2) is 0 Å². The van der Waals surface area contributed by atoms with Gasteiger partial charge in [-0.25, -0.2) is 4.39 Å². The van der Waals surface area contributed by atoms with Crippen molar-refractivity contribution in [3.05, 3.63) is 49.8 Å². The zero-order chi connectivity index (χ0) is 16.3. The lowest BCUT2D eigenvalue weighted by molar-refractivity contribution is -0.117. The lowest BCUT2D eigenvalue weighted by atomic mass is 10.2. The number of thiophene rings is 1. The van der Waals surface area contributed by atoms with Crippen LogP contribution in [0.4, 0.5) is 10.1 Å². The molecule has 116 valence electrons. The van der Waals surface area contributed by atoms with E-state index in [-0.39, 0.29) is 10.9 Å². The molecule has 4 nitrogen and oxygen atoms in total. The second-order valence-electron chi connectivity index (χ2n) is 4.42. The molecule has 0 spiro atoms. The van der Waals surface area contributed by atoms with Gasteiger partial charge >= 0.3 is 0 Å². The SMILES string of the molecule is CC(NC(=O)c1ccc(Br)s1)C(=O)Nc1ccc(F)c(Cl)c1. The van der Waals surface area contributed by atoms with Crippen molar-refractivity contribution in [2.24, 2.45) is 0 Å². The summed E-state index contributed by atoms with van der Waals surface area (Å²) in [7, 11) is 0. The van der Waals surface area contributed by atoms with Gasteiger partial charge in [-0.2, -0.15) is 0 Å². The summed E-state index contributed by atoms with van der Waals surface area (Å²) in [5.74, 6) is -1.33. The third kappa shape index (κ3) is 4.28. The maximum atomic E-state index is 13.1. The van der Waals surface area contributed by atoms with Gasteiger partial charge in [0.25, 0.3) is 5.91 Å². The molecular formula is C14H11BrClFN2O2S. The van der Waals surface area contributed by atoms with Gasteiger partial charge in [0.05, 0.1) is 13.7 Å². The van der Waals surface area contributed by atoms with E-state index >= 15 is 0 Å². The lowest BCUT2D eigenvalue weighted by Gasteiger charge is -2.13. The minimum Gasteiger partial charge on any atom is -0.340 e. The van der Waals surface area contributed by atoms with E-state index in [9.17, 15) is 14.0 Å². The van der Waals surface area contributed by atoms with Crippen LogP contribution in [0.15, 0.2) is 34.1 Å². The molecule has 2 rings (SSSR count). The maximum absolute atomic E-state index is 13.1. The van der Waals surface area contributed by atoms with Crippen molar-refractivity contribution in [2.75, 3.05) is 5.32 Å². The van der Waals surface area contributed by atoms with E-state index in [4.69, 9.17) is 11.6 Å². The van der Waals surface area contributed by atoms with E-state index in [1.165, 1.54) is 23.5 Å². The van der Waals surface area contributed by atoms with Gasteiger partial charge in [-0.3, -0.25) is 9.59 Å². The third-order valence-electron chi connectivity index (χ3n) is 2.73. The zero-order valence-electron chi connectivity index (χ0n) is 11.3. The molecule has 0 saturated carbocycles. The van der Waals surface area contributed by atoms with Crippen LogP contribution in [0.3, 0.4) is 0 Å². The van der Waals surface area contributed by atoms with Crippen molar-refractivity contribution in [1.29, 1.82) is 0 Å². The quantitative estimate of drug-likeness (QED) is 0.806. The summed E-state index contributed by atoms with van der Waals surface area (Å²) < 4.78 is 13.9. The molecule has 1 aromatic heterocycles. The largest absolute Gasteiger partial charge is 0.340 e. The highest BCUT2D eigenvalue weighted by molar-refractivity contribution is 9.11. The number of carbonyl (C=O) groups excluding carboxylic acids is 2. The summed E-state index contributed by atoms with van der Waals surface area (Å²) in [4.78, 5) is 24.5. The average molecular weight is 406 g/mol. The fourth-order valence-electron chi connectivity index (χ4n) is 1.59. The Morgan fingerprint density at radius 3 is 2.64 bits per heavy atom. The van der Waals surface area contributed by atoms with Gasteiger partial charge in [0.2, 0.25) is 5.91 Å². The van der Waals surface area contributed by atoms with Crippen molar-refractivity contribution in [3.63, 3.8) is 0 Å². The number of carbonyl (C=O) groups is 2. The smallest absolute Gasteiger partial charge is 0.262 e. The minimum absolute atomic E-state index is 0.0853. The summed E-state index contributed by atoms with van der Waals surface area (Å²) in [6.45, 7) is 1.56. The number of benzene rings is 1. The highest BCUT2D eigenvalue weighted by Gasteiger charge is 2.18. The van der Waals surface area contributed by atoms with Crippen molar-refractivity contribution in [1.82, 2.24) is 5.32 Å². The Labute approximate surface area is 143 Å². The predicted octanol–water partition coefficient (Wildman–Crippen LogP) is 4.06. The summed E-state index contributed by atoms with van der Waals surface area (Å²) in [5, 5.41) is 5.06. The Bertz CT molecular complexity index is 723. The van der Waals surface area contributed by atoms with E-state index in [0.29, 0.717) is 10.6 Å². The van der Waals surface area contributed by atoms with Gasteiger partial charge in [0, 0.05) is 5.69 Å². The van der Waals surface area contributed by atoms with Crippen LogP contribution in [0.2, 0.25) is 5.02 Å². The van der Waals surface area contributed by atoms with Crippen LogP contribution in [0, 0.1) is 5.82 Å². The second-order valence-corrected chi connectivity index (χ2v) is 7.29. The number of halogens is 3. The van der Waals surface area contributed by atoms with E-state index in [0.717, 1.165) is 9.85 Å². The molecule has 22 heavy (non-hydrogen) atoms. The van der Waals surface area contributed by atoms with E-state index in [1.807, 2.05) is 0 Å². The van der Waals surface area contributed by atoms with Crippen LogP contribution >= 0.6 is 38.9 Å². The van der Waals surface area contributed by atoms with Crippen LogP contribution in [-0.4, -0.2) is 17.9 Å². The minimum atomic E-state index is -0.753. The fourth-order valence-corrected chi connectivity index (χ4v) is 3.06. The molecule has 1 atom stereocenters. The highest BCUT2D eigenvalue weighted by Crippen LogP contribution is 2.22. The molecule has 0 fully saturated rings. The molecule has 1 aromatic carbocycles. The average Bonchev–Trinajstić information content (AvgIpc) is 2.89. The topological polar surface area (TPSA) is 58.2 Å². The Morgan fingerprint density at radius 2 is 2.05 bits per heavy atom. The number of nitrogens with one attached hydrogen (secondary N) is 2. The zero-order valence-corrected chi connectivity index (χ0v) is 14.5. The molecule has 0 saturated heterocycles. The molecule has 0 aliphatic heterocycles. The van der Waals surface area contributed by atoms with Gasteiger partial charge in [-0.1, -0.05) is 11.6 Å². The molecule has 0 bridgehead atoms. The monoisotopic (exact) mass is 404 g/mol. The molecule has 0 aliphatic rings. The molecule has 0 aliphatic carbocycles. The second kappa shape index (κ2) is 7.21. The first kappa shape index (κ1) is 16.9. The first-order valence-electron chi connectivity index (χ1n) is 6.19. The third-order valence-corrected chi connectivity index (χ3v) is 4.64. The van der Waals surface area contributed by atoms with Crippen LogP contribution in [0.1, 0.15) is 16.6 Å². The number of hydrogen-bond donors (Lipinski definition) is 2. The Balaban J connectivity index is 1.97. The van der Waals surface area contributed by atoms with Crippen molar-refractivity contribution >= 4 is 56.4 Å². The van der Waals surface area contributed by atoms with Crippen LogP contribution in [-0.2, 0) is 4.79 Å². The molecular weight excluding hydrogens is 395 g/mol. The number of hydrogen-bond acceptors (Lipinski definition) is 3. The van der Waals surface area contributed by atoms with Gasteiger partial charge < -0.3 is 10.6 Å². The van der Waals surface area contributed by atoms with Crippen molar-refractivity contribution in [2.45, 2.75) is 13.0 Å². The number of rotatable bonds is 4.